The number of rotatable bonds is 4. The minimum absolute atomic E-state index is 0.0997. The lowest BCUT2D eigenvalue weighted by atomic mass is 9.81. The number of nitrogens with zero attached hydrogens (tertiary/aromatic N) is 3. The molecule has 4 rings (SSSR count). The molecule has 1 saturated carbocycles. The van der Waals surface area contributed by atoms with Crippen LogP contribution in [0.2, 0.25) is 0 Å². The summed E-state index contributed by atoms with van der Waals surface area (Å²) in [5, 5.41) is 2.62. The van der Waals surface area contributed by atoms with Gasteiger partial charge in [-0.1, -0.05) is 50.1 Å². The van der Waals surface area contributed by atoms with Gasteiger partial charge in [0.25, 0.3) is 5.56 Å². The SMILES string of the molecule is Cc1c(NC(=O)CN2C(=O)[C@H]3C[C@@H](Br)[C@@H](Br)C[C@H]3C2=O)c(=O)n(-c2ccccc2)n1C. The molecule has 1 aromatic carbocycles. The summed E-state index contributed by atoms with van der Waals surface area (Å²) < 4.78 is 3.11. The molecule has 1 N–H and O–H groups in total. The molecule has 0 bridgehead atoms. The Kier molecular flexibility index (Phi) is 5.95. The summed E-state index contributed by atoms with van der Waals surface area (Å²) in [5.41, 5.74) is 0.992. The molecule has 2 heterocycles. The van der Waals surface area contributed by atoms with Crippen LogP contribution >= 0.6 is 31.9 Å². The van der Waals surface area contributed by atoms with Gasteiger partial charge in [0.2, 0.25) is 17.7 Å². The minimum Gasteiger partial charge on any atom is -0.318 e. The van der Waals surface area contributed by atoms with Gasteiger partial charge in [0, 0.05) is 16.7 Å². The lowest BCUT2D eigenvalue weighted by Gasteiger charge is -2.29. The van der Waals surface area contributed by atoms with Gasteiger partial charge in [0.05, 0.1) is 23.2 Å². The Hall–Kier alpha value is -2.20. The smallest absolute Gasteiger partial charge is 0.295 e. The maximum Gasteiger partial charge on any atom is 0.295 e. The van der Waals surface area contributed by atoms with Crippen LogP contribution in [-0.2, 0) is 21.4 Å². The van der Waals surface area contributed by atoms with E-state index in [0.717, 1.165) is 4.90 Å². The Bertz CT molecular complexity index is 1080. The first-order chi connectivity index (χ1) is 14.7. The van der Waals surface area contributed by atoms with Crippen molar-refractivity contribution in [2.45, 2.75) is 29.4 Å². The van der Waals surface area contributed by atoms with Gasteiger partial charge < -0.3 is 5.32 Å². The highest BCUT2D eigenvalue weighted by atomic mass is 79.9. The monoisotopic (exact) mass is 552 g/mol. The fourth-order valence-electron chi connectivity index (χ4n) is 4.35. The summed E-state index contributed by atoms with van der Waals surface area (Å²) in [5.74, 6) is -2.03. The summed E-state index contributed by atoms with van der Waals surface area (Å²) in [6, 6.07) is 9.08. The normalized spacial score (nSPS) is 25.6. The van der Waals surface area contributed by atoms with Gasteiger partial charge in [0.1, 0.15) is 12.2 Å². The van der Waals surface area contributed by atoms with Crippen LogP contribution in [0.1, 0.15) is 18.5 Å². The van der Waals surface area contributed by atoms with E-state index in [1.807, 2.05) is 18.2 Å². The molecule has 4 atom stereocenters. The molecule has 1 aliphatic heterocycles. The van der Waals surface area contributed by atoms with Crippen LogP contribution in [0.4, 0.5) is 5.69 Å². The van der Waals surface area contributed by atoms with Crippen molar-refractivity contribution in [2.75, 3.05) is 11.9 Å². The third-order valence-corrected chi connectivity index (χ3v) is 8.86. The Balaban J connectivity index is 1.53. The summed E-state index contributed by atoms with van der Waals surface area (Å²) in [4.78, 5) is 52.5. The molecule has 1 aliphatic carbocycles. The van der Waals surface area contributed by atoms with Crippen molar-refractivity contribution in [3.05, 3.63) is 46.4 Å². The fourth-order valence-corrected chi connectivity index (χ4v) is 5.59. The number of alkyl halides is 2. The first-order valence-corrected chi connectivity index (χ1v) is 11.8. The highest BCUT2D eigenvalue weighted by molar-refractivity contribution is 9.12. The molecule has 8 nitrogen and oxygen atoms in total. The van der Waals surface area contributed by atoms with Gasteiger partial charge in [-0.25, -0.2) is 4.68 Å². The quantitative estimate of drug-likeness (QED) is 0.464. The molecule has 2 fully saturated rings. The van der Waals surface area contributed by atoms with Crippen molar-refractivity contribution in [2.24, 2.45) is 18.9 Å². The number of carbonyl (C=O) groups excluding carboxylic acids is 3. The van der Waals surface area contributed by atoms with E-state index in [9.17, 15) is 19.2 Å². The molecule has 2 aromatic rings. The van der Waals surface area contributed by atoms with Gasteiger partial charge in [-0.3, -0.25) is 28.8 Å². The Morgan fingerprint density at radius 1 is 1.03 bits per heavy atom. The lowest BCUT2D eigenvalue weighted by Crippen LogP contribution is -2.39. The number of amides is 3. The number of fused-ring (bicyclic) bond motifs is 1. The third kappa shape index (κ3) is 3.80. The molecule has 1 aromatic heterocycles. The number of anilines is 1. The van der Waals surface area contributed by atoms with E-state index in [4.69, 9.17) is 0 Å². The van der Waals surface area contributed by atoms with Gasteiger partial charge >= 0.3 is 0 Å². The molecule has 0 radical (unpaired) electrons. The summed E-state index contributed by atoms with van der Waals surface area (Å²) in [6.07, 6.45) is 1.09. The zero-order valence-corrected chi connectivity index (χ0v) is 20.2. The fraction of sp³-hybridized carbons (Fsp3) is 0.429. The van der Waals surface area contributed by atoms with Gasteiger partial charge in [-0.2, -0.15) is 0 Å². The average molecular weight is 554 g/mol. The molecule has 3 amide bonds. The third-order valence-electron chi connectivity index (χ3n) is 6.12. The van der Waals surface area contributed by atoms with Crippen LogP contribution < -0.4 is 10.9 Å². The van der Waals surface area contributed by atoms with E-state index in [-0.39, 0.29) is 32.7 Å². The van der Waals surface area contributed by atoms with Gasteiger partial charge in [-0.15, -0.1) is 0 Å². The Morgan fingerprint density at radius 3 is 2.13 bits per heavy atom. The molecule has 0 spiro atoms. The maximum absolute atomic E-state index is 13.0. The van der Waals surface area contributed by atoms with Crippen LogP contribution in [0.25, 0.3) is 5.69 Å². The second-order valence-corrected chi connectivity index (χ2v) is 10.3. The topological polar surface area (TPSA) is 93.4 Å². The van der Waals surface area contributed by atoms with Crippen molar-refractivity contribution in [1.29, 1.82) is 0 Å². The van der Waals surface area contributed by atoms with Crippen molar-refractivity contribution in [3.63, 3.8) is 0 Å². The van der Waals surface area contributed by atoms with E-state index in [1.165, 1.54) is 4.68 Å². The standard InChI is InChI=1S/C21H22Br2N4O4/c1-11-18(21(31)27(25(11)2)12-6-4-3-5-7-12)24-17(28)10-26-19(29)13-8-15(22)16(23)9-14(13)20(26)30/h3-7,13-16H,8-10H2,1-2H3,(H,24,28)/t13-,14+,15+,16-. The van der Waals surface area contributed by atoms with Gasteiger partial charge in [0.15, 0.2) is 0 Å². The van der Waals surface area contributed by atoms with Gasteiger partial charge in [-0.05, 0) is 31.9 Å². The van der Waals surface area contributed by atoms with Crippen LogP contribution in [0.5, 0.6) is 0 Å². The first kappa shape index (κ1) is 22.0. The Labute approximate surface area is 195 Å². The predicted molar refractivity (Wildman–Crippen MR) is 123 cm³/mol. The number of nitrogens with one attached hydrogen (secondary N) is 1. The van der Waals surface area contributed by atoms with E-state index < -0.39 is 24.3 Å². The molecule has 31 heavy (non-hydrogen) atoms. The number of likely N-dealkylation sites (tertiary alicyclic amines) is 1. The highest BCUT2D eigenvalue weighted by Gasteiger charge is 2.52. The van der Waals surface area contributed by atoms with Crippen molar-refractivity contribution in [1.82, 2.24) is 14.3 Å². The second-order valence-electron chi connectivity index (χ2n) is 7.96. The van der Waals surface area contributed by atoms with E-state index in [2.05, 4.69) is 37.2 Å². The zero-order valence-electron chi connectivity index (χ0n) is 17.0. The number of hydrogen-bond acceptors (Lipinski definition) is 4. The molecular weight excluding hydrogens is 532 g/mol. The molecule has 2 aliphatic rings. The first-order valence-electron chi connectivity index (χ1n) is 9.98. The molecule has 10 heteroatoms. The molecule has 1 saturated heterocycles. The molecule has 164 valence electrons. The number of carbonyl (C=O) groups is 3. The van der Waals surface area contributed by atoms with Crippen molar-refractivity contribution < 1.29 is 14.4 Å². The summed E-state index contributed by atoms with van der Waals surface area (Å²) >= 11 is 7.10. The van der Waals surface area contributed by atoms with E-state index in [0.29, 0.717) is 24.2 Å². The molecular formula is C21H22Br2N4O4. The van der Waals surface area contributed by atoms with E-state index in [1.54, 1.807) is 30.8 Å². The average Bonchev–Trinajstić information content (AvgIpc) is 3.09. The van der Waals surface area contributed by atoms with Crippen LogP contribution in [0.3, 0.4) is 0 Å². The Morgan fingerprint density at radius 2 is 1.58 bits per heavy atom. The molecule has 0 unspecified atom stereocenters. The van der Waals surface area contributed by atoms with Crippen molar-refractivity contribution in [3.8, 4) is 5.69 Å². The lowest BCUT2D eigenvalue weighted by molar-refractivity contribution is -0.142. The second kappa shape index (κ2) is 8.38. The van der Waals surface area contributed by atoms with Crippen molar-refractivity contribution >= 4 is 55.3 Å². The minimum atomic E-state index is -0.572. The number of imide groups is 1. The van der Waals surface area contributed by atoms with Crippen LogP contribution in [0.15, 0.2) is 35.1 Å². The summed E-state index contributed by atoms with van der Waals surface area (Å²) in [7, 11) is 1.73. The number of hydrogen-bond donors (Lipinski definition) is 1. The largest absolute Gasteiger partial charge is 0.318 e. The van der Waals surface area contributed by atoms with E-state index >= 15 is 0 Å². The maximum atomic E-state index is 13.0. The number of aromatic nitrogens is 2. The number of benzene rings is 1. The van der Waals surface area contributed by atoms with Crippen LogP contribution in [-0.4, -0.2) is 48.2 Å². The number of para-hydroxylation sites is 1. The van der Waals surface area contributed by atoms with Crippen LogP contribution in [0, 0.1) is 18.8 Å². The summed E-state index contributed by atoms with van der Waals surface area (Å²) in [6.45, 7) is 1.33. The zero-order chi connectivity index (χ0) is 22.4. The highest BCUT2D eigenvalue weighted by Crippen LogP contribution is 2.43. The predicted octanol–water partition coefficient (Wildman–Crippen LogP) is 2.34. The number of halogens is 2.